The molecule has 1 amide bonds. The zero-order valence-corrected chi connectivity index (χ0v) is 15.8. The lowest BCUT2D eigenvalue weighted by molar-refractivity contribution is -0.133. The summed E-state index contributed by atoms with van der Waals surface area (Å²) in [5.74, 6) is 1.10. The largest absolute Gasteiger partial charge is 0.497 e. The Balaban J connectivity index is 1.44. The van der Waals surface area contributed by atoms with Crippen LogP contribution >= 0.6 is 0 Å². The molecular weight excluding hydrogens is 324 g/mol. The van der Waals surface area contributed by atoms with Crippen molar-refractivity contribution in [2.45, 2.75) is 26.3 Å². The molecule has 0 bridgehead atoms. The number of benzene rings is 2. The number of hydrogen-bond acceptors (Lipinski definition) is 3. The minimum atomic E-state index is 0.253. The van der Waals surface area contributed by atoms with E-state index in [1.165, 1.54) is 11.1 Å². The molecule has 2 aromatic rings. The fraction of sp³-hybridized carbons (Fsp3) is 0.409. The Morgan fingerprint density at radius 3 is 2.46 bits per heavy atom. The normalized spacial score (nSPS) is 15.1. The second-order valence-corrected chi connectivity index (χ2v) is 7.00. The Morgan fingerprint density at radius 2 is 1.73 bits per heavy atom. The van der Waals surface area contributed by atoms with Crippen LogP contribution in [-0.2, 0) is 17.8 Å². The summed E-state index contributed by atoms with van der Waals surface area (Å²) in [5, 5.41) is 0. The summed E-state index contributed by atoms with van der Waals surface area (Å²) >= 11 is 0. The van der Waals surface area contributed by atoms with Crippen LogP contribution in [0.4, 0.5) is 0 Å². The first kappa shape index (κ1) is 18.5. The van der Waals surface area contributed by atoms with Crippen LogP contribution in [0.25, 0.3) is 0 Å². The molecule has 0 aromatic heterocycles. The molecule has 0 radical (unpaired) electrons. The number of aryl methyl sites for hydroxylation is 2. The Hall–Kier alpha value is -2.33. The maximum absolute atomic E-state index is 12.5. The number of hydrogen-bond donors (Lipinski definition) is 0. The first-order valence-electron chi connectivity index (χ1n) is 9.32. The molecule has 1 aliphatic heterocycles. The van der Waals surface area contributed by atoms with Crippen LogP contribution in [0.3, 0.4) is 0 Å². The lowest BCUT2D eigenvalue weighted by Crippen LogP contribution is -2.48. The third-order valence-electron chi connectivity index (χ3n) is 4.98. The van der Waals surface area contributed by atoms with E-state index in [0.717, 1.165) is 50.5 Å². The standard InChI is InChI=1S/C22H28N2O2/c1-18-5-3-7-20(15-18)17-23-11-13-24(14-12-23)22(25)10-9-19-6-4-8-21(16-19)26-2/h3-8,15-16H,9-14,17H2,1-2H3. The summed E-state index contributed by atoms with van der Waals surface area (Å²) in [6, 6.07) is 16.6. The molecule has 1 saturated heterocycles. The van der Waals surface area contributed by atoms with Gasteiger partial charge in [-0.3, -0.25) is 9.69 Å². The fourth-order valence-corrected chi connectivity index (χ4v) is 3.46. The summed E-state index contributed by atoms with van der Waals surface area (Å²) in [4.78, 5) is 16.9. The molecule has 138 valence electrons. The predicted molar refractivity (Wildman–Crippen MR) is 104 cm³/mol. The van der Waals surface area contributed by atoms with Gasteiger partial charge in [-0.2, -0.15) is 0 Å². The van der Waals surface area contributed by atoms with Gasteiger partial charge in [0.15, 0.2) is 0 Å². The topological polar surface area (TPSA) is 32.8 Å². The van der Waals surface area contributed by atoms with Crippen molar-refractivity contribution in [1.29, 1.82) is 0 Å². The number of amides is 1. The average molecular weight is 352 g/mol. The Bertz CT molecular complexity index is 736. The van der Waals surface area contributed by atoms with Gasteiger partial charge in [0.2, 0.25) is 5.91 Å². The van der Waals surface area contributed by atoms with Gasteiger partial charge in [0.25, 0.3) is 0 Å². The van der Waals surface area contributed by atoms with Crippen LogP contribution in [0.15, 0.2) is 48.5 Å². The molecule has 4 heteroatoms. The molecule has 0 spiro atoms. The minimum absolute atomic E-state index is 0.253. The van der Waals surface area contributed by atoms with E-state index in [1.54, 1.807) is 7.11 Å². The first-order valence-corrected chi connectivity index (χ1v) is 9.32. The number of methoxy groups -OCH3 is 1. The number of carbonyl (C=O) groups is 1. The molecule has 1 heterocycles. The van der Waals surface area contributed by atoms with E-state index < -0.39 is 0 Å². The van der Waals surface area contributed by atoms with E-state index in [4.69, 9.17) is 4.74 Å². The second kappa shape index (κ2) is 8.86. The molecule has 0 atom stereocenters. The molecule has 4 nitrogen and oxygen atoms in total. The molecule has 0 saturated carbocycles. The van der Waals surface area contributed by atoms with E-state index in [-0.39, 0.29) is 5.91 Å². The maximum atomic E-state index is 12.5. The van der Waals surface area contributed by atoms with E-state index in [2.05, 4.69) is 42.2 Å². The van der Waals surface area contributed by atoms with Crippen LogP contribution in [0.1, 0.15) is 23.1 Å². The Morgan fingerprint density at radius 1 is 1.00 bits per heavy atom. The van der Waals surface area contributed by atoms with Gasteiger partial charge in [0.05, 0.1) is 7.11 Å². The lowest BCUT2D eigenvalue weighted by Gasteiger charge is -2.35. The molecular formula is C22H28N2O2. The predicted octanol–water partition coefficient (Wildman–Crippen LogP) is 3.28. The third kappa shape index (κ3) is 5.09. The minimum Gasteiger partial charge on any atom is -0.497 e. The number of carbonyl (C=O) groups excluding carboxylic acids is 1. The third-order valence-corrected chi connectivity index (χ3v) is 4.98. The fourth-order valence-electron chi connectivity index (χ4n) is 3.46. The molecule has 2 aromatic carbocycles. The van der Waals surface area contributed by atoms with Gasteiger partial charge in [-0.1, -0.05) is 42.0 Å². The Kier molecular flexibility index (Phi) is 6.29. The van der Waals surface area contributed by atoms with Crippen molar-refractivity contribution < 1.29 is 9.53 Å². The highest BCUT2D eigenvalue weighted by molar-refractivity contribution is 5.76. The maximum Gasteiger partial charge on any atom is 0.222 e. The van der Waals surface area contributed by atoms with Crippen molar-refractivity contribution in [3.63, 3.8) is 0 Å². The second-order valence-electron chi connectivity index (χ2n) is 7.00. The van der Waals surface area contributed by atoms with Gasteiger partial charge < -0.3 is 9.64 Å². The summed E-state index contributed by atoms with van der Waals surface area (Å²) in [6.45, 7) is 6.62. The molecule has 0 aliphatic carbocycles. The van der Waals surface area contributed by atoms with E-state index in [9.17, 15) is 4.79 Å². The van der Waals surface area contributed by atoms with Crippen LogP contribution in [0.5, 0.6) is 5.75 Å². The number of piperazine rings is 1. The van der Waals surface area contributed by atoms with Crippen molar-refractivity contribution >= 4 is 5.91 Å². The average Bonchev–Trinajstić information content (AvgIpc) is 2.67. The molecule has 1 fully saturated rings. The zero-order valence-electron chi connectivity index (χ0n) is 15.8. The molecule has 26 heavy (non-hydrogen) atoms. The van der Waals surface area contributed by atoms with Crippen molar-refractivity contribution in [1.82, 2.24) is 9.80 Å². The Labute approximate surface area is 156 Å². The molecule has 0 unspecified atom stereocenters. The number of nitrogens with zero attached hydrogens (tertiary/aromatic N) is 2. The van der Waals surface area contributed by atoms with Crippen LogP contribution < -0.4 is 4.74 Å². The highest BCUT2D eigenvalue weighted by Crippen LogP contribution is 2.15. The van der Waals surface area contributed by atoms with Crippen LogP contribution in [0, 0.1) is 6.92 Å². The van der Waals surface area contributed by atoms with Crippen LogP contribution in [-0.4, -0.2) is 49.0 Å². The van der Waals surface area contributed by atoms with Crippen LogP contribution in [0.2, 0.25) is 0 Å². The van der Waals surface area contributed by atoms with E-state index in [0.29, 0.717) is 6.42 Å². The van der Waals surface area contributed by atoms with Gasteiger partial charge in [0.1, 0.15) is 5.75 Å². The highest BCUT2D eigenvalue weighted by atomic mass is 16.5. The van der Waals surface area contributed by atoms with E-state index >= 15 is 0 Å². The highest BCUT2D eigenvalue weighted by Gasteiger charge is 2.20. The zero-order chi connectivity index (χ0) is 18.4. The van der Waals surface area contributed by atoms with Gasteiger partial charge in [0, 0.05) is 39.1 Å². The van der Waals surface area contributed by atoms with Crippen molar-refractivity contribution in [2.75, 3.05) is 33.3 Å². The van der Waals surface area contributed by atoms with Gasteiger partial charge in [-0.15, -0.1) is 0 Å². The lowest BCUT2D eigenvalue weighted by atomic mass is 10.1. The molecule has 3 rings (SSSR count). The number of rotatable bonds is 6. The first-order chi connectivity index (χ1) is 12.6. The summed E-state index contributed by atoms with van der Waals surface area (Å²) in [7, 11) is 1.67. The summed E-state index contributed by atoms with van der Waals surface area (Å²) in [5.41, 5.74) is 3.80. The van der Waals surface area contributed by atoms with Crippen molar-refractivity contribution in [2.24, 2.45) is 0 Å². The molecule has 0 N–H and O–H groups in total. The SMILES string of the molecule is COc1cccc(CCC(=O)N2CCN(Cc3cccc(C)c3)CC2)c1. The van der Waals surface area contributed by atoms with Gasteiger partial charge >= 0.3 is 0 Å². The smallest absolute Gasteiger partial charge is 0.222 e. The van der Waals surface area contributed by atoms with Gasteiger partial charge in [-0.25, -0.2) is 0 Å². The number of ether oxygens (including phenoxy) is 1. The summed E-state index contributed by atoms with van der Waals surface area (Å²) in [6.07, 6.45) is 1.32. The van der Waals surface area contributed by atoms with Gasteiger partial charge in [-0.05, 0) is 36.6 Å². The molecule has 1 aliphatic rings. The van der Waals surface area contributed by atoms with Crippen molar-refractivity contribution in [3.8, 4) is 5.75 Å². The monoisotopic (exact) mass is 352 g/mol. The summed E-state index contributed by atoms with van der Waals surface area (Å²) < 4.78 is 5.25. The van der Waals surface area contributed by atoms with Crippen molar-refractivity contribution in [3.05, 3.63) is 65.2 Å². The van der Waals surface area contributed by atoms with E-state index in [1.807, 2.05) is 23.1 Å². The quantitative estimate of drug-likeness (QED) is 0.800.